The third kappa shape index (κ3) is 3.54. The zero-order valence-electron chi connectivity index (χ0n) is 14.3. The summed E-state index contributed by atoms with van der Waals surface area (Å²) in [6.45, 7) is 3.55. The number of methoxy groups -OCH3 is 2. The number of amides is 1. The molecule has 0 N–H and O–H groups in total. The molecule has 0 unspecified atom stereocenters. The van der Waals surface area contributed by atoms with Gasteiger partial charge in [0, 0.05) is 39.3 Å². The van der Waals surface area contributed by atoms with Crippen LogP contribution in [0.3, 0.4) is 0 Å². The number of hydrogen-bond donors (Lipinski definition) is 0. The highest BCUT2D eigenvalue weighted by Crippen LogP contribution is 2.30. The average Bonchev–Trinajstić information content (AvgIpc) is 2.85. The van der Waals surface area contributed by atoms with Gasteiger partial charge in [0.25, 0.3) is 0 Å². The van der Waals surface area contributed by atoms with Gasteiger partial charge in [-0.25, -0.2) is 4.39 Å². The lowest BCUT2D eigenvalue weighted by Crippen LogP contribution is -2.49. The normalized spacial score (nSPS) is 24.3. The Kier molecular flexibility index (Phi) is 5.36. The van der Waals surface area contributed by atoms with E-state index < -0.39 is 0 Å². The van der Waals surface area contributed by atoms with Crippen molar-refractivity contribution in [2.75, 3.05) is 40.5 Å². The number of piperidine rings is 1. The van der Waals surface area contributed by atoms with Crippen molar-refractivity contribution in [3.05, 3.63) is 29.6 Å². The Morgan fingerprint density at radius 1 is 1.25 bits per heavy atom. The van der Waals surface area contributed by atoms with Crippen LogP contribution in [0.5, 0.6) is 5.75 Å². The van der Waals surface area contributed by atoms with Crippen molar-refractivity contribution in [3.8, 4) is 5.75 Å². The molecule has 0 spiro atoms. The van der Waals surface area contributed by atoms with Crippen LogP contribution in [0.15, 0.2) is 18.2 Å². The van der Waals surface area contributed by atoms with E-state index in [-0.39, 0.29) is 29.4 Å². The van der Waals surface area contributed by atoms with Crippen molar-refractivity contribution in [3.63, 3.8) is 0 Å². The summed E-state index contributed by atoms with van der Waals surface area (Å²) in [5.41, 5.74) is 1.01. The highest BCUT2D eigenvalue weighted by molar-refractivity contribution is 5.80. The van der Waals surface area contributed by atoms with Crippen LogP contribution in [0, 0.1) is 11.7 Å². The fourth-order valence-electron chi connectivity index (χ4n) is 3.80. The van der Waals surface area contributed by atoms with E-state index in [0.29, 0.717) is 19.7 Å². The van der Waals surface area contributed by atoms with Crippen LogP contribution >= 0.6 is 0 Å². The molecule has 6 heteroatoms. The number of ether oxygens (including phenoxy) is 2. The van der Waals surface area contributed by atoms with E-state index in [4.69, 9.17) is 9.47 Å². The van der Waals surface area contributed by atoms with Gasteiger partial charge in [0.15, 0.2) is 11.6 Å². The summed E-state index contributed by atoms with van der Waals surface area (Å²) >= 11 is 0. The van der Waals surface area contributed by atoms with Gasteiger partial charge in [-0.2, -0.15) is 0 Å². The molecule has 3 heterocycles. The van der Waals surface area contributed by atoms with E-state index in [1.165, 1.54) is 13.2 Å². The molecule has 24 heavy (non-hydrogen) atoms. The second-order valence-corrected chi connectivity index (χ2v) is 6.62. The Hall–Kier alpha value is -1.66. The first-order valence-corrected chi connectivity index (χ1v) is 8.46. The number of halogens is 1. The van der Waals surface area contributed by atoms with Crippen LogP contribution in [0.25, 0.3) is 0 Å². The minimum atomic E-state index is -0.349. The molecule has 1 amide bonds. The van der Waals surface area contributed by atoms with Gasteiger partial charge in [-0.3, -0.25) is 9.69 Å². The maximum atomic E-state index is 13.6. The topological polar surface area (TPSA) is 42.0 Å². The van der Waals surface area contributed by atoms with Crippen LogP contribution in [-0.4, -0.2) is 62.2 Å². The molecule has 1 aromatic carbocycles. The summed E-state index contributed by atoms with van der Waals surface area (Å²) < 4.78 is 23.8. The fourth-order valence-corrected chi connectivity index (χ4v) is 3.80. The first-order valence-electron chi connectivity index (χ1n) is 8.46. The molecule has 0 radical (unpaired) electrons. The molecule has 5 nitrogen and oxygen atoms in total. The molecule has 2 atom stereocenters. The lowest BCUT2D eigenvalue weighted by atomic mass is 9.94. The van der Waals surface area contributed by atoms with E-state index in [9.17, 15) is 9.18 Å². The van der Waals surface area contributed by atoms with Crippen LogP contribution in [-0.2, 0) is 16.1 Å². The molecule has 3 aliphatic heterocycles. The summed E-state index contributed by atoms with van der Waals surface area (Å²) in [5.74, 6) is 0.228. The first-order chi connectivity index (χ1) is 11.6. The SMILES string of the molecule is COCCN1C(=O)[C@@H]2CC[C@H]1CN(Cc1ccc(F)c(OC)c1)C2. The van der Waals surface area contributed by atoms with Gasteiger partial charge in [-0.15, -0.1) is 0 Å². The molecule has 2 bridgehead atoms. The third-order valence-corrected chi connectivity index (χ3v) is 5.03. The van der Waals surface area contributed by atoms with Crippen molar-refractivity contribution in [1.29, 1.82) is 0 Å². The van der Waals surface area contributed by atoms with E-state index in [1.807, 2.05) is 4.90 Å². The molecule has 3 saturated heterocycles. The molecule has 3 fully saturated rings. The minimum absolute atomic E-state index is 0.0583. The number of hydrogen-bond acceptors (Lipinski definition) is 4. The van der Waals surface area contributed by atoms with Crippen molar-refractivity contribution < 1.29 is 18.7 Å². The number of rotatable bonds is 6. The maximum Gasteiger partial charge on any atom is 0.227 e. The Balaban J connectivity index is 1.71. The number of carbonyl (C=O) groups excluding carboxylic acids is 1. The molecule has 0 saturated carbocycles. The predicted octanol–water partition coefficient (Wildman–Crippen LogP) is 1.90. The highest BCUT2D eigenvalue weighted by atomic mass is 19.1. The quantitative estimate of drug-likeness (QED) is 0.796. The fraction of sp³-hybridized carbons (Fsp3) is 0.611. The number of benzene rings is 1. The summed E-state index contributed by atoms with van der Waals surface area (Å²) in [6, 6.07) is 5.21. The van der Waals surface area contributed by atoms with E-state index in [1.54, 1.807) is 19.2 Å². The number of carbonyl (C=O) groups is 1. The van der Waals surface area contributed by atoms with Gasteiger partial charge >= 0.3 is 0 Å². The minimum Gasteiger partial charge on any atom is -0.494 e. The van der Waals surface area contributed by atoms with Crippen LogP contribution in [0.1, 0.15) is 18.4 Å². The smallest absolute Gasteiger partial charge is 0.227 e. The summed E-state index contributed by atoms with van der Waals surface area (Å²) in [7, 11) is 3.13. The van der Waals surface area contributed by atoms with E-state index >= 15 is 0 Å². The lowest BCUT2D eigenvalue weighted by molar-refractivity contribution is -0.140. The molecular formula is C18H25FN2O3. The van der Waals surface area contributed by atoms with Crippen molar-refractivity contribution >= 4 is 5.91 Å². The first kappa shape index (κ1) is 17.2. The largest absolute Gasteiger partial charge is 0.494 e. The van der Waals surface area contributed by atoms with Gasteiger partial charge in [-0.05, 0) is 30.5 Å². The number of fused-ring (bicyclic) bond motifs is 4. The molecule has 0 aliphatic carbocycles. The molecule has 0 aromatic heterocycles. The van der Waals surface area contributed by atoms with Crippen molar-refractivity contribution in [1.82, 2.24) is 9.80 Å². The molecule has 4 rings (SSSR count). The molecule has 132 valence electrons. The van der Waals surface area contributed by atoms with Gasteiger partial charge in [0.1, 0.15) is 0 Å². The standard InChI is InChI=1S/C18H25FN2O3/c1-23-8-7-21-15-5-4-14(18(21)22)11-20(12-15)10-13-3-6-16(19)17(9-13)24-2/h3,6,9,14-15H,4-5,7-8,10-12H2,1-2H3/t14-,15+/m1/s1. The summed E-state index contributed by atoms with van der Waals surface area (Å²) in [6.07, 6.45) is 2.00. The van der Waals surface area contributed by atoms with Crippen LogP contribution in [0.2, 0.25) is 0 Å². The average molecular weight is 336 g/mol. The predicted molar refractivity (Wildman–Crippen MR) is 88.3 cm³/mol. The van der Waals surface area contributed by atoms with E-state index in [0.717, 1.165) is 31.5 Å². The monoisotopic (exact) mass is 336 g/mol. The summed E-state index contributed by atoms with van der Waals surface area (Å²) in [4.78, 5) is 16.9. The Bertz CT molecular complexity index is 596. The van der Waals surface area contributed by atoms with Gasteiger partial charge < -0.3 is 14.4 Å². The second-order valence-electron chi connectivity index (χ2n) is 6.62. The molecule has 3 aliphatic rings. The number of nitrogens with zero attached hydrogens (tertiary/aromatic N) is 2. The lowest BCUT2D eigenvalue weighted by Gasteiger charge is -2.35. The summed E-state index contributed by atoms with van der Waals surface area (Å²) in [5, 5.41) is 0. The Morgan fingerprint density at radius 2 is 2.08 bits per heavy atom. The van der Waals surface area contributed by atoms with Crippen molar-refractivity contribution in [2.24, 2.45) is 5.92 Å². The zero-order valence-corrected chi connectivity index (χ0v) is 14.3. The molecular weight excluding hydrogens is 311 g/mol. The van der Waals surface area contributed by atoms with Crippen molar-refractivity contribution in [2.45, 2.75) is 25.4 Å². The Morgan fingerprint density at radius 3 is 2.83 bits per heavy atom. The zero-order chi connectivity index (χ0) is 17.1. The molecule has 1 aromatic rings. The Labute approximate surface area is 142 Å². The van der Waals surface area contributed by atoms with Crippen LogP contribution < -0.4 is 4.74 Å². The van der Waals surface area contributed by atoms with Gasteiger partial charge in [-0.1, -0.05) is 6.07 Å². The van der Waals surface area contributed by atoms with E-state index in [2.05, 4.69) is 4.90 Å². The third-order valence-electron chi connectivity index (χ3n) is 5.03. The van der Waals surface area contributed by atoms with Gasteiger partial charge in [0.2, 0.25) is 5.91 Å². The van der Waals surface area contributed by atoms with Gasteiger partial charge in [0.05, 0.1) is 19.6 Å². The maximum absolute atomic E-state index is 13.6. The van der Waals surface area contributed by atoms with Crippen LogP contribution in [0.4, 0.5) is 4.39 Å². The highest BCUT2D eigenvalue weighted by Gasteiger charge is 2.40. The second kappa shape index (κ2) is 7.49.